The molecule has 1 aliphatic heterocycles. The van der Waals surface area contributed by atoms with Gasteiger partial charge < -0.3 is 10.0 Å². The lowest BCUT2D eigenvalue weighted by Crippen LogP contribution is -2.37. The van der Waals surface area contributed by atoms with Crippen LogP contribution in [-0.4, -0.2) is 35.1 Å². The fourth-order valence-electron chi connectivity index (χ4n) is 1.20. The third-order valence-electron chi connectivity index (χ3n) is 2.19. The molecule has 1 unspecified atom stereocenters. The predicted molar refractivity (Wildman–Crippen MR) is 54.3 cm³/mol. The van der Waals surface area contributed by atoms with E-state index < -0.39 is 5.60 Å². The average Bonchev–Trinajstić information content (AvgIpc) is 2.44. The van der Waals surface area contributed by atoms with Gasteiger partial charge in [0.25, 0.3) is 5.91 Å². The number of rotatable bonds is 1. The maximum atomic E-state index is 11.4. The van der Waals surface area contributed by atoms with Crippen LogP contribution in [-0.2, 0) is 4.79 Å². The molecular formula is C11H13NO2. The normalized spacial score (nSPS) is 25.6. The smallest absolute Gasteiger partial charge is 0.267 e. The lowest BCUT2D eigenvalue weighted by atomic mass is 10.0. The molecule has 0 aromatic rings. The van der Waals surface area contributed by atoms with Crippen LogP contribution in [0.1, 0.15) is 6.42 Å². The molecule has 0 bridgehead atoms. The van der Waals surface area contributed by atoms with Gasteiger partial charge in [-0.05, 0) is 0 Å². The average molecular weight is 191 g/mol. The van der Waals surface area contributed by atoms with E-state index in [0.717, 1.165) is 0 Å². The molecule has 0 spiro atoms. The molecule has 1 N–H and O–H groups in total. The van der Waals surface area contributed by atoms with Crippen LogP contribution in [0.15, 0.2) is 24.8 Å². The van der Waals surface area contributed by atoms with Crippen LogP contribution in [0.5, 0.6) is 0 Å². The minimum Gasteiger partial charge on any atom is -0.369 e. The van der Waals surface area contributed by atoms with Crippen molar-refractivity contribution in [2.24, 2.45) is 0 Å². The van der Waals surface area contributed by atoms with Gasteiger partial charge in [0, 0.05) is 25.6 Å². The molecule has 1 heterocycles. The molecule has 0 aliphatic carbocycles. The maximum absolute atomic E-state index is 11.4. The number of likely N-dealkylation sites (N-methyl/N-ethyl adjacent to an activating group) is 1. The number of allylic oxidation sites excluding steroid dienone is 2. The van der Waals surface area contributed by atoms with Crippen LogP contribution in [0, 0.1) is 11.8 Å². The van der Waals surface area contributed by atoms with Gasteiger partial charge in [-0.25, -0.2) is 0 Å². The van der Waals surface area contributed by atoms with Crippen LogP contribution < -0.4 is 0 Å². The number of carbonyl (C=O) groups excluding carboxylic acids is 1. The molecule has 14 heavy (non-hydrogen) atoms. The fourth-order valence-corrected chi connectivity index (χ4v) is 1.20. The zero-order chi connectivity index (χ0) is 10.8. The highest BCUT2D eigenvalue weighted by Crippen LogP contribution is 2.20. The van der Waals surface area contributed by atoms with Gasteiger partial charge in [0.05, 0.1) is 0 Å². The highest BCUT2D eigenvalue weighted by Gasteiger charge is 2.42. The van der Waals surface area contributed by atoms with E-state index in [4.69, 9.17) is 0 Å². The minimum atomic E-state index is -1.53. The lowest BCUT2D eigenvalue weighted by Gasteiger charge is -2.13. The van der Waals surface area contributed by atoms with E-state index in [2.05, 4.69) is 25.0 Å². The van der Waals surface area contributed by atoms with E-state index in [1.54, 1.807) is 7.05 Å². The van der Waals surface area contributed by atoms with Crippen molar-refractivity contribution in [3.8, 4) is 11.8 Å². The number of nitrogens with zero attached hydrogens (tertiary/aromatic N) is 1. The van der Waals surface area contributed by atoms with Gasteiger partial charge in [0.2, 0.25) is 5.60 Å². The van der Waals surface area contributed by atoms with E-state index >= 15 is 0 Å². The Labute approximate surface area is 83.7 Å². The summed E-state index contributed by atoms with van der Waals surface area (Å²) in [6.07, 6.45) is 1.83. The van der Waals surface area contributed by atoms with E-state index in [9.17, 15) is 9.90 Å². The lowest BCUT2D eigenvalue weighted by molar-refractivity contribution is -0.137. The summed E-state index contributed by atoms with van der Waals surface area (Å²) >= 11 is 0. The first-order valence-corrected chi connectivity index (χ1v) is 4.32. The molecule has 3 nitrogen and oxygen atoms in total. The minimum absolute atomic E-state index is 0.345. The Morgan fingerprint density at radius 2 is 2.43 bits per heavy atom. The molecule has 0 aromatic carbocycles. The van der Waals surface area contributed by atoms with Gasteiger partial charge >= 0.3 is 0 Å². The first-order valence-electron chi connectivity index (χ1n) is 4.32. The monoisotopic (exact) mass is 191 g/mol. The van der Waals surface area contributed by atoms with E-state index in [1.165, 1.54) is 11.0 Å². The summed E-state index contributed by atoms with van der Waals surface area (Å²) < 4.78 is 0. The summed E-state index contributed by atoms with van der Waals surface area (Å²) in [5, 5.41) is 9.83. The van der Waals surface area contributed by atoms with E-state index in [1.807, 2.05) is 0 Å². The van der Waals surface area contributed by atoms with Crippen molar-refractivity contribution in [2.45, 2.75) is 12.0 Å². The molecule has 1 fully saturated rings. The Hall–Kier alpha value is -1.53. The Bertz CT molecular complexity index is 348. The van der Waals surface area contributed by atoms with Gasteiger partial charge in [0.15, 0.2) is 0 Å². The summed E-state index contributed by atoms with van der Waals surface area (Å²) in [6.45, 7) is 7.60. The first-order chi connectivity index (χ1) is 6.49. The molecule has 1 saturated heterocycles. The molecule has 1 aliphatic rings. The van der Waals surface area contributed by atoms with Gasteiger partial charge in [-0.1, -0.05) is 31.1 Å². The summed E-state index contributed by atoms with van der Waals surface area (Å²) in [5.41, 5.74) is -1.03. The van der Waals surface area contributed by atoms with Crippen molar-refractivity contribution < 1.29 is 9.90 Å². The third-order valence-corrected chi connectivity index (χ3v) is 2.19. The molecular weight excluding hydrogens is 178 g/mol. The third kappa shape index (κ3) is 1.86. The standard InChI is InChI=1S/C11H13NO2/c1-4-9(2)5-6-11(14)7-8-12(3)10(11)13/h4,14H,1-2,7-8H2,3H3. The van der Waals surface area contributed by atoms with Crippen molar-refractivity contribution in [1.82, 2.24) is 4.90 Å². The SMILES string of the molecule is C=CC(=C)C#CC1(O)CCN(C)C1=O. The largest absolute Gasteiger partial charge is 0.369 e. The van der Waals surface area contributed by atoms with Crippen molar-refractivity contribution >= 4 is 5.91 Å². The maximum Gasteiger partial charge on any atom is 0.267 e. The Morgan fingerprint density at radius 1 is 1.79 bits per heavy atom. The molecule has 1 amide bonds. The number of carbonyl (C=O) groups is 1. The second-order valence-corrected chi connectivity index (χ2v) is 3.32. The molecule has 1 atom stereocenters. The number of likely N-dealkylation sites (tertiary alicyclic amines) is 1. The number of aliphatic hydroxyl groups is 1. The zero-order valence-corrected chi connectivity index (χ0v) is 8.21. The van der Waals surface area contributed by atoms with Gasteiger partial charge in [-0.15, -0.1) is 0 Å². The van der Waals surface area contributed by atoms with Crippen molar-refractivity contribution in [2.75, 3.05) is 13.6 Å². The highest BCUT2D eigenvalue weighted by molar-refractivity contribution is 5.90. The number of hydrogen-bond acceptors (Lipinski definition) is 2. The molecule has 0 saturated carbocycles. The number of amides is 1. The van der Waals surface area contributed by atoms with Gasteiger partial charge in [0.1, 0.15) is 0 Å². The van der Waals surface area contributed by atoms with Crippen molar-refractivity contribution in [1.29, 1.82) is 0 Å². The molecule has 1 rings (SSSR count). The van der Waals surface area contributed by atoms with Gasteiger partial charge in [-0.3, -0.25) is 4.79 Å². The van der Waals surface area contributed by atoms with Crippen LogP contribution in [0.3, 0.4) is 0 Å². The van der Waals surface area contributed by atoms with Crippen molar-refractivity contribution in [3.63, 3.8) is 0 Å². The molecule has 3 heteroatoms. The van der Waals surface area contributed by atoms with Crippen molar-refractivity contribution in [3.05, 3.63) is 24.8 Å². The van der Waals surface area contributed by atoms with Crippen LogP contribution in [0.25, 0.3) is 0 Å². The number of hydrogen-bond donors (Lipinski definition) is 1. The first kappa shape index (κ1) is 10.6. The zero-order valence-electron chi connectivity index (χ0n) is 8.21. The molecule has 0 radical (unpaired) electrons. The van der Waals surface area contributed by atoms with E-state index in [0.29, 0.717) is 18.5 Å². The Balaban J connectivity index is 2.86. The topological polar surface area (TPSA) is 40.5 Å². The van der Waals surface area contributed by atoms with Crippen LogP contribution >= 0.6 is 0 Å². The van der Waals surface area contributed by atoms with Crippen LogP contribution in [0.2, 0.25) is 0 Å². The molecule has 0 aromatic heterocycles. The van der Waals surface area contributed by atoms with Gasteiger partial charge in [-0.2, -0.15) is 0 Å². The summed E-state index contributed by atoms with van der Waals surface area (Å²) in [4.78, 5) is 12.9. The highest BCUT2D eigenvalue weighted by atomic mass is 16.3. The Morgan fingerprint density at radius 3 is 2.86 bits per heavy atom. The quantitative estimate of drug-likeness (QED) is 0.479. The second kappa shape index (κ2) is 3.69. The second-order valence-electron chi connectivity index (χ2n) is 3.32. The Kier molecular flexibility index (Phi) is 2.78. The fraction of sp³-hybridized carbons (Fsp3) is 0.364. The van der Waals surface area contributed by atoms with E-state index in [-0.39, 0.29) is 5.91 Å². The summed E-state index contributed by atoms with van der Waals surface area (Å²) in [7, 11) is 1.64. The summed E-state index contributed by atoms with van der Waals surface area (Å²) in [6, 6.07) is 0. The summed E-state index contributed by atoms with van der Waals surface area (Å²) in [5.74, 6) is 4.79. The molecule has 74 valence electrons. The van der Waals surface area contributed by atoms with Crippen LogP contribution in [0.4, 0.5) is 0 Å². The predicted octanol–water partition coefficient (Wildman–Crippen LogP) is 0.325.